The Hall–Kier alpha value is -3.50. The predicted molar refractivity (Wildman–Crippen MR) is 129 cm³/mol. The van der Waals surface area contributed by atoms with Crippen molar-refractivity contribution in [2.45, 2.75) is 37.1 Å². The van der Waals surface area contributed by atoms with Crippen LogP contribution in [-0.4, -0.2) is 14.6 Å². The molecular formula is C28H26N4. The summed E-state index contributed by atoms with van der Waals surface area (Å²) in [6, 6.07) is 21.1. The van der Waals surface area contributed by atoms with Gasteiger partial charge in [-0.25, -0.2) is 9.50 Å². The largest absolute Gasteiger partial charge is 0.321 e. The summed E-state index contributed by atoms with van der Waals surface area (Å²) in [5.41, 5.74) is 13.9. The first-order valence-electron chi connectivity index (χ1n) is 11.4. The van der Waals surface area contributed by atoms with Crippen LogP contribution in [0.25, 0.3) is 28.2 Å². The third-order valence-corrected chi connectivity index (χ3v) is 6.91. The van der Waals surface area contributed by atoms with Gasteiger partial charge in [0.15, 0.2) is 5.65 Å². The highest BCUT2D eigenvalue weighted by molar-refractivity contribution is 5.70. The number of benzene rings is 2. The molecule has 0 radical (unpaired) electrons. The van der Waals surface area contributed by atoms with Crippen molar-refractivity contribution in [2.24, 2.45) is 5.73 Å². The van der Waals surface area contributed by atoms with Gasteiger partial charge in [-0.05, 0) is 31.2 Å². The maximum Gasteiger partial charge on any atom is 0.156 e. The van der Waals surface area contributed by atoms with Gasteiger partial charge in [0, 0.05) is 40.4 Å². The molecule has 1 saturated carbocycles. The van der Waals surface area contributed by atoms with Crippen molar-refractivity contribution in [1.82, 2.24) is 14.6 Å². The summed E-state index contributed by atoms with van der Waals surface area (Å²) in [6.07, 6.45) is 15.2. The lowest BCUT2D eigenvalue weighted by Crippen LogP contribution is -2.43. The third-order valence-electron chi connectivity index (χ3n) is 6.91. The second-order valence-corrected chi connectivity index (χ2v) is 8.99. The number of nitrogens with two attached hydrogens (primary N) is 1. The fourth-order valence-electron chi connectivity index (χ4n) is 4.81. The number of rotatable bonds is 4. The third kappa shape index (κ3) is 3.28. The zero-order chi connectivity index (χ0) is 21.5. The van der Waals surface area contributed by atoms with E-state index in [1.165, 1.54) is 17.5 Å². The van der Waals surface area contributed by atoms with Crippen molar-refractivity contribution in [1.29, 1.82) is 0 Å². The number of fused-ring (bicyclic) bond motifs is 1. The smallest absolute Gasteiger partial charge is 0.156 e. The van der Waals surface area contributed by atoms with Gasteiger partial charge in [-0.2, -0.15) is 5.10 Å². The fourth-order valence-corrected chi connectivity index (χ4v) is 4.81. The Labute approximate surface area is 188 Å². The van der Waals surface area contributed by atoms with Crippen LogP contribution in [0.1, 0.15) is 42.7 Å². The van der Waals surface area contributed by atoms with Crippen LogP contribution in [0.5, 0.6) is 0 Å². The molecule has 2 N–H and O–H groups in total. The molecule has 1 fully saturated rings. The molecule has 4 heteroatoms. The van der Waals surface area contributed by atoms with Crippen molar-refractivity contribution in [2.75, 3.05) is 0 Å². The highest BCUT2D eigenvalue weighted by Crippen LogP contribution is 2.40. The number of aromatic nitrogens is 3. The van der Waals surface area contributed by atoms with Crippen LogP contribution in [-0.2, 0) is 5.54 Å². The van der Waals surface area contributed by atoms with Crippen LogP contribution in [0, 0.1) is 0 Å². The molecule has 2 aliphatic carbocycles. The molecule has 0 aliphatic heterocycles. The van der Waals surface area contributed by atoms with E-state index in [9.17, 15) is 0 Å². The Morgan fingerprint density at radius 3 is 2.44 bits per heavy atom. The molecule has 2 aliphatic rings. The first-order chi connectivity index (χ1) is 15.7. The minimum atomic E-state index is -0.147. The van der Waals surface area contributed by atoms with Crippen LogP contribution in [0.4, 0.5) is 0 Å². The second kappa shape index (κ2) is 7.57. The van der Waals surface area contributed by atoms with Gasteiger partial charge in [-0.15, -0.1) is 0 Å². The van der Waals surface area contributed by atoms with Crippen molar-refractivity contribution in [3.8, 4) is 22.5 Å². The Balaban J connectivity index is 1.47. The van der Waals surface area contributed by atoms with Gasteiger partial charge in [0.2, 0.25) is 0 Å². The lowest BCUT2D eigenvalue weighted by Gasteiger charge is -2.38. The monoisotopic (exact) mass is 418 g/mol. The van der Waals surface area contributed by atoms with E-state index in [1.54, 1.807) is 0 Å². The Morgan fingerprint density at radius 2 is 1.75 bits per heavy atom. The van der Waals surface area contributed by atoms with E-state index < -0.39 is 0 Å². The topological polar surface area (TPSA) is 56.2 Å². The van der Waals surface area contributed by atoms with Crippen molar-refractivity contribution in [3.05, 3.63) is 102 Å². The summed E-state index contributed by atoms with van der Waals surface area (Å²) in [4.78, 5) is 5.10. The quantitative estimate of drug-likeness (QED) is 0.442. The minimum Gasteiger partial charge on any atom is -0.321 e. The molecule has 6 rings (SSSR count). The minimum absolute atomic E-state index is 0.147. The van der Waals surface area contributed by atoms with Gasteiger partial charge in [-0.1, -0.05) is 78.9 Å². The van der Waals surface area contributed by atoms with Crippen LogP contribution < -0.4 is 5.73 Å². The van der Waals surface area contributed by atoms with E-state index in [2.05, 4.69) is 73.0 Å². The van der Waals surface area contributed by atoms with Crippen molar-refractivity contribution >= 4 is 5.65 Å². The maximum absolute atomic E-state index is 6.55. The van der Waals surface area contributed by atoms with E-state index in [1.807, 2.05) is 22.7 Å². The second-order valence-electron chi connectivity index (χ2n) is 8.99. The zero-order valence-corrected chi connectivity index (χ0v) is 18.0. The standard InChI is InChI=1S/C28H26N4/c29-28(16-7-17-28)23-14-12-22(13-15-23)27-24(20-8-3-1-4-9-20)19-32-26(30-27)18-25(31-32)21-10-5-2-6-11-21/h1-6,8,10-15,18-20H,7,9,16-17,29H2. The molecular weight excluding hydrogens is 392 g/mol. The zero-order valence-electron chi connectivity index (χ0n) is 18.0. The molecule has 2 heterocycles. The molecule has 4 nitrogen and oxygen atoms in total. The molecule has 1 atom stereocenters. The molecule has 0 amide bonds. The van der Waals surface area contributed by atoms with Gasteiger partial charge < -0.3 is 5.73 Å². The normalized spacial score (nSPS) is 19.2. The first-order valence-corrected chi connectivity index (χ1v) is 11.4. The summed E-state index contributed by atoms with van der Waals surface area (Å²) in [5, 5.41) is 4.83. The molecule has 158 valence electrons. The van der Waals surface area contributed by atoms with Gasteiger partial charge in [0.05, 0.1) is 11.4 Å². The average Bonchev–Trinajstić information content (AvgIpc) is 3.26. The Morgan fingerprint density at radius 1 is 0.938 bits per heavy atom. The molecule has 0 spiro atoms. The van der Waals surface area contributed by atoms with Crippen molar-refractivity contribution in [3.63, 3.8) is 0 Å². The first kappa shape index (κ1) is 19.2. The van der Waals surface area contributed by atoms with E-state index >= 15 is 0 Å². The summed E-state index contributed by atoms with van der Waals surface area (Å²) < 4.78 is 1.92. The molecule has 1 unspecified atom stereocenters. The molecule has 0 saturated heterocycles. The van der Waals surface area contributed by atoms with Crippen molar-refractivity contribution < 1.29 is 0 Å². The number of hydrogen-bond acceptors (Lipinski definition) is 3. The summed E-state index contributed by atoms with van der Waals surface area (Å²) in [7, 11) is 0. The molecule has 4 aromatic rings. The van der Waals surface area contributed by atoms with Gasteiger partial charge in [0.1, 0.15) is 0 Å². The summed E-state index contributed by atoms with van der Waals surface area (Å²) in [6.45, 7) is 0. The molecule has 0 bridgehead atoms. The van der Waals surface area contributed by atoms with E-state index in [0.717, 1.165) is 47.4 Å². The average molecular weight is 419 g/mol. The van der Waals surface area contributed by atoms with Crippen LogP contribution >= 0.6 is 0 Å². The molecule has 2 aromatic heterocycles. The van der Waals surface area contributed by atoms with Gasteiger partial charge >= 0.3 is 0 Å². The lowest BCUT2D eigenvalue weighted by molar-refractivity contribution is 0.253. The molecule has 32 heavy (non-hydrogen) atoms. The number of allylic oxidation sites excluding steroid dienone is 4. The van der Waals surface area contributed by atoms with E-state index in [4.69, 9.17) is 15.8 Å². The lowest BCUT2D eigenvalue weighted by atomic mass is 9.72. The van der Waals surface area contributed by atoms with Crippen LogP contribution in [0.15, 0.2) is 91.2 Å². The predicted octanol–water partition coefficient (Wildman–Crippen LogP) is 6.00. The van der Waals surface area contributed by atoms with E-state index in [-0.39, 0.29) is 11.5 Å². The Bertz CT molecular complexity index is 1330. The summed E-state index contributed by atoms with van der Waals surface area (Å²) in [5.74, 6) is 0.281. The van der Waals surface area contributed by atoms with Crippen LogP contribution in [0.2, 0.25) is 0 Å². The van der Waals surface area contributed by atoms with Gasteiger partial charge in [-0.3, -0.25) is 0 Å². The molecule has 2 aromatic carbocycles. The Kier molecular flexibility index (Phi) is 4.54. The fraction of sp³-hybridized carbons (Fsp3) is 0.214. The van der Waals surface area contributed by atoms with E-state index in [0.29, 0.717) is 0 Å². The number of nitrogens with zero attached hydrogens (tertiary/aromatic N) is 3. The SMILES string of the molecule is NC1(c2ccc(-c3nc4cc(-c5ccccc5)nn4cc3C3C=CC=CC3)cc2)CCC1. The highest BCUT2D eigenvalue weighted by Gasteiger charge is 2.34. The van der Waals surface area contributed by atoms with Gasteiger partial charge in [0.25, 0.3) is 0 Å². The summed E-state index contributed by atoms with van der Waals surface area (Å²) >= 11 is 0. The number of hydrogen-bond donors (Lipinski definition) is 1. The van der Waals surface area contributed by atoms with Crippen LogP contribution in [0.3, 0.4) is 0 Å². The highest BCUT2D eigenvalue weighted by atomic mass is 15.2. The maximum atomic E-state index is 6.55.